The van der Waals surface area contributed by atoms with E-state index in [1.807, 2.05) is 30.3 Å². The molecule has 0 unspecified atom stereocenters. The third-order valence-electron chi connectivity index (χ3n) is 7.67. The third kappa shape index (κ3) is 6.33. The number of hydrogen-bond donors (Lipinski definition) is 1. The van der Waals surface area contributed by atoms with Gasteiger partial charge in [0, 0.05) is 18.3 Å². The van der Waals surface area contributed by atoms with Gasteiger partial charge in [-0.2, -0.15) is 0 Å². The zero-order valence-electron chi connectivity index (χ0n) is 23.0. The summed E-state index contributed by atoms with van der Waals surface area (Å²) in [5.74, 6) is 1.79. The second-order valence-electron chi connectivity index (χ2n) is 10.4. The number of nitrogens with zero attached hydrogens (tertiary/aromatic N) is 5. The van der Waals surface area contributed by atoms with Crippen molar-refractivity contribution in [3.63, 3.8) is 0 Å². The van der Waals surface area contributed by atoms with Crippen molar-refractivity contribution >= 4 is 11.6 Å². The first kappa shape index (κ1) is 26.9. The van der Waals surface area contributed by atoms with Crippen LogP contribution in [0.2, 0.25) is 0 Å². The summed E-state index contributed by atoms with van der Waals surface area (Å²) < 4.78 is 18.7. The molecule has 0 spiro atoms. The first-order chi connectivity index (χ1) is 19.1. The Labute approximate surface area is 229 Å². The average Bonchev–Trinajstić information content (AvgIpc) is 3.74. The summed E-state index contributed by atoms with van der Waals surface area (Å²) in [5, 5.41) is 15.9. The molecule has 208 valence electrons. The van der Waals surface area contributed by atoms with Crippen molar-refractivity contribution in [1.82, 2.24) is 25.5 Å². The first-order valence-electron chi connectivity index (χ1n) is 13.8. The highest BCUT2D eigenvalue weighted by molar-refractivity contribution is 5.87. The molecule has 1 aromatic heterocycles. The normalized spacial score (nSPS) is 18.2. The van der Waals surface area contributed by atoms with Crippen LogP contribution in [0.25, 0.3) is 0 Å². The Morgan fingerprint density at radius 3 is 2.54 bits per heavy atom. The number of aromatic nitrogens is 4. The fraction of sp³-hybridized carbons (Fsp3) is 0.517. The van der Waals surface area contributed by atoms with Gasteiger partial charge >= 0.3 is 0 Å². The molecule has 2 atom stereocenters. The van der Waals surface area contributed by atoms with Gasteiger partial charge < -0.3 is 24.4 Å². The number of ether oxygens (including phenoxy) is 3. The summed E-state index contributed by atoms with van der Waals surface area (Å²) in [6.07, 6.45) is 6.37. The van der Waals surface area contributed by atoms with Crippen molar-refractivity contribution in [2.45, 2.75) is 76.7 Å². The molecule has 10 nitrogen and oxygen atoms in total. The molecule has 10 heteroatoms. The Bertz CT molecular complexity index is 1230. The van der Waals surface area contributed by atoms with Gasteiger partial charge in [0.15, 0.2) is 17.3 Å². The number of hydrogen-bond acceptors (Lipinski definition) is 8. The molecule has 39 heavy (non-hydrogen) atoms. The Morgan fingerprint density at radius 2 is 1.85 bits per heavy atom. The van der Waals surface area contributed by atoms with Crippen LogP contribution in [0.1, 0.15) is 61.5 Å². The molecule has 2 aromatic carbocycles. The highest BCUT2D eigenvalue weighted by Crippen LogP contribution is 2.35. The number of benzene rings is 2. The maximum atomic E-state index is 14.1. The number of aryl methyl sites for hydroxylation is 1. The number of rotatable bonds is 11. The van der Waals surface area contributed by atoms with E-state index in [-0.39, 0.29) is 18.1 Å². The van der Waals surface area contributed by atoms with Crippen LogP contribution in [0, 0.1) is 6.92 Å². The van der Waals surface area contributed by atoms with Crippen LogP contribution in [-0.2, 0) is 22.6 Å². The lowest BCUT2D eigenvalue weighted by Gasteiger charge is -2.34. The molecule has 2 aliphatic rings. The molecule has 1 aliphatic carbocycles. The molecule has 1 saturated heterocycles. The van der Waals surface area contributed by atoms with Crippen LogP contribution in [0.15, 0.2) is 42.5 Å². The van der Waals surface area contributed by atoms with Crippen LogP contribution in [0.4, 0.5) is 5.69 Å². The number of methoxy groups -OCH3 is 2. The molecule has 5 rings (SSSR count). The maximum Gasteiger partial charge on any atom is 0.247 e. The van der Waals surface area contributed by atoms with E-state index >= 15 is 0 Å². The standard InChI is InChI=1S/C29H38N6O4/c1-20-10-13-23(14-11-20)34(19-27-31-32-33-35(27)18-24-9-6-16-39-24)28(29(36)30-22-7-4-5-8-22)21-12-15-25(37-2)26(17-21)38-3/h10-15,17,22,24,28H,4-9,16,18-19H2,1-3H3,(H,30,36)/t24-,28-/m0/s1. The monoisotopic (exact) mass is 534 g/mol. The van der Waals surface area contributed by atoms with Crippen molar-refractivity contribution in [3.05, 3.63) is 59.4 Å². The Hall–Kier alpha value is -3.66. The van der Waals surface area contributed by atoms with Gasteiger partial charge in [0.1, 0.15) is 6.04 Å². The number of amides is 1. The minimum absolute atomic E-state index is 0.0622. The number of anilines is 1. The van der Waals surface area contributed by atoms with E-state index in [4.69, 9.17) is 14.2 Å². The van der Waals surface area contributed by atoms with Gasteiger partial charge in [0.25, 0.3) is 0 Å². The topological polar surface area (TPSA) is 104 Å². The lowest BCUT2D eigenvalue weighted by atomic mass is 10.0. The fourth-order valence-corrected chi connectivity index (χ4v) is 5.53. The summed E-state index contributed by atoms with van der Waals surface area (Å²) in [4.78, 5) is 16.2. The van der Waals surface area contributed by atoms with Crippen molar-refractivity contribution < 1.29 is 19.0 Å². The van der Waals surface area contributed by atoms with Crippen LogP contribution in [-0.4, -0.2) is 59.1 Å². The molecular formula is C29H38N6O4. The maximum absolute atomic E-state index is 14.1. The second-order valence-corrected chi connectivity index (χ2v) is 10.4. The minimum atomic E-state index is -0.652. The second kappa shape index (κ2) is 12.5. The van der Waals surface area contributed by atoms with Gasteiger partial charge in [-0.1, -0.05) is 36.6 Å². The largest absolute Gasteiger partial charge is 0.493 e. The van der Waals surface area contributed by atoms with Gasteiger partial charge in [-0.05, 0) is 72.9 Å². The number of carbonyl (C=O) groups is 1. The first-order valence-corrected chi connectivity index (χ1v) is 13.8. The molecule has 1 N–H and O–H groups in total. The molecule has 0 bridgehead atoms. The summed E-state index contributed by atoms with van der Waals surface area (Å²) in [5.41, 5.74) is 2.83. The zero-order valence-corrected chi connectivity index (χ0v) is 23.0. The highest BCUT2D eigenvalue weighted by Gasteiger charge is 2.33. The molecule has 1 amide bonds. The summed E-state index contributed by atoms with van der Waals surface area (Å²) >= 11 is 0. The third-order valence-corrected chi connectivity index (χ3v) is 7.67. The van der Waals surface area contributed by atoms with Crippen molar-refractivity contribution in [1.29, 1.82) is 0 Å². The highest BCUT2D eigenvalue weighted by atomic mass is 16.5. The van der Waals surface area contributed by atoms with Crippen molar-refractivity contribution in [3.8, 4) is 11.5 Å². The summed E-state index contributed by atoms with van der Waals surface area (Å²) in [6, 6.07) is 13.4. The van der Waals surface area contributed by atoms with E-state index in [0.29, 0.717) is 30.4 Å². The summed E-state index contributed by atoms with van der Waals surface area (Å²) in [6.45, 7) is 3.73. The van der Waals surface area contributed by atoms with Crippen LogP contribution in [0.5, 0.6) is 11.5 Å². The molecule has 3 aromatic rings. The van der Waals surface area contributed by atoms with Crippen molar-refractivity contribution in [2.75, 3.05) is 25.7 Å². The van der Waals surface area contributed by atoms with Gasteiger partial charge in [-0.3, -0.25) is 4.79 Å². The van der Waals surface area contributed by atoms with E-state index in [9.17, 15) is 4.79 Å². The lowest BCUT2D eigenvalue weighted by molar-refractivity contribution is -0.123. The Kier molecular flexibility index (Phi) is 8.61. The molecule has 1 aliphatic heterocycles. The molecule has 1 saturated carbocycles. The van der Waals surface area contributed by atoms with Gasteiger partial charge in [0.2, 0.25) is 5.91 Å². The summed E-state index contributed by atoms with van der Waals surface area (Å²) in [7, 11) is 3.21. The zero-order chi connectivity index (χ0) is 27.2. The number of tetrazole rings is 1. The fourth-order valence-electron chi connectivity index (χ4n) is 5.53. The van der Waals surface area contributed by atoms with E-state index in [2.05, 4.69) is 44.8 Å². The minimum Gasteiger partial charge on any atom is -0.493 e. The SMILES string of the molecule is COc1ccc([C@@H](C(=O)NC2CCCC2)N(Cc2nnnn2C[C@@H]2CCCO2)c2ccc(C)cc2)cc1OC. The molecule has 2 heterocycles. The quantitative estimate of drug-likeness (QED) is 0.394. The molecule has 0 radical (unpaired) electrons. The molecular weight excluding hydrogens is 496 g/mol. The number of carbonyl (C=O) groups excluding carboxylic acids is 1. The van der Waals surface area contributed by atoms with Gasteiger partial charge in [-0.25, -0.2) is 4.68 Å². The predicted molar refractivity (Wildman–Crippen MR) is 147 cm³/mol. The Balaban J connectivity index is 1.55. The van der Waals surface area contributed by atoms with E-state index in [1.165, 1.54) is 0 Å². The lowest BCUT2D eigenvalue weighted by Crippen LogP contribution is -2.44. The van der Waals surface area contributed by atoms with Crippen LogP contribution in [0.3, 0.4) is 0 Å². The van der Waals surface area contributed by atoms with Crippen molar-refractivity contribution in [2.24, 2.45) is 0 Å². The van der Waals surface area contributed by atoms with Gasteiger partial charge in [-0.15, -0.1) is 5.10 Å². The number of nitrogens with one attached hydrogen (secondary N) is 1. The van der Waals surface area contributed by atoms with Gasteiger partial charge in [0.05, 0.1) is 33.4 Å². The molecule has 2 fully saturated rings. The predicted octanol–water partition coefficient (Wildman–Crippen LogP) is 3.98. The average molecular weight is 535 g/mol. The Morgan fingerprint density at radius 1 is 1.08 bits per heavy atom. The van der Waals surface area contributed by atoms with E-state index < -0.39 is 6.04 Å². The van der Waals surface area contributed by atoms with E-state index in [1.54, 1.807) is 18.9 Å². The van der Waals surface area contributed by atoms with Crippen LogP contribution < -0.4 is 19.7 Å². The smallest absolute Gasteiger partial charge is 0.247 e. The van der Waals surface area contributed by atoms with Crippen LogP contribution >= 0.6 is 0 Å². The van der Waals surface area contributed by atoms with E-state index in [0.717, 1.165) is 61.9 Å².